The summed E-state index contributed by atoms with van der Waals surface area (Å²) < 4.78 is 10.3. The summed E-state index contributed by atoms with van der Waals surface area (Å²) in [5.41, 5.74) is -0.476. The topological polar surface area (TPSA) is 75.2 Å². The van der Waals surface area contributed by atoms with Gasteiger partial charge in [0.2, 0.25) is 0 Å². The molecule has 7 nitrogen and oxygen atoms in total. The summed E-state index contributed by atoms with van der Waals surface area (Å²) >= 11 is 0. The quantitative estimate of drug-likeness (QED) is 0.272. The lowest BCUT2D eigenvalue weighted by Gasteiger charge is -2.28. The Bertz CT molecular complexity index is 359. The fourth-order valence-corrected chi connectivity index (χ4v) is 1.60. The van der Waals surface area contributed by atoms with Gasteiger partial charge in [-0.3, -0.25) is 4.99 Å². The van der Waals surface area contributed by atoms with Gasteiger partial charge in [-0.05, 0) is 34.1 Å². The minimum absolute atomic E-state index is 0. The number of amides is 1. The van der Waals surface area contributed by atoms with E-state index in [2.05, 4.69) is 15.6 Å². The standard InChI is InChI=1S/C15H32N4O3.HI/c1-12(19(6)14(20)22-15(2,3)4)8-9-17-13(16-5)18-10-11-21-7;/h12H,8-11H2,1-7H3,(H2,16,17,18);1H. The predicted molar refractivity (Wildman–Crippen MR) is 105 cm³/mol. The number of hydrogen-bond donors (Lipinski definition) is 2. The number of aliphatic imine (C=N–C) groups is 1. The van der Waals surface area contributed by atoms with E-state index in [0.29, 0.717) is 19.7 Å². The molecule has 138 valence electrons. The fraction of sp³-hybridized carbons (Fsp3) is 0.867. The van der Waals surface area contributed by atoms with Crippen LogP contribution in [0.25, 0.3) is 0 Å². The highest BCUT2D eigenvalue weighted by Gasteiger charge is 2.22. The average molecular weight is 444 g/mol. The molecule has 0 aromatic carbocycles. The molecule has 0 aromatic rings. The largest absolute Gasteiger partial charge is 0.444 e. The summed E-state index contributed by atoms with van der Waals surface area (Å²) in [5, 5.41) is 6.34. The van der Waals surface area contributed by atoms with Gasteiger partial charge in [-0.25, -0.2) is 4.79 Å². The Labute approximate surface area is 157 Å². The van der Waals surface area contributed by atoms with Crippen LogP contribution in [0.5, 0.6) is 0 Å². The molecule has 0 aliphatic rings. The third-order valence-electron chi connectivity index (χ3n) is 3.02. The van der Waals surface area contributed by atoms with E-state index in [9.17, 15) is 4.79 Å². The molecule has 0 aliphatic carbocycles. The summed E-state index contributed by atoms with van der Waals surface area (Å²) in [6.45, 7) is 9.61. The second-order valence-electron chi connectivity index (χ2n) is 6.15. The number of hydrogen-bond acceptors (Lipinski definition) is 4. The number of carbonyl (C=O) groups is 1. The van der Waals surface area contributed by atoms with Gasteiger partial charge in [0.1, 0.15) is 5.60 Å². The number of nitrogens with one attached hydrogen (secondary N) is 2. The number of methoxy groups -OCH3 is 1. The Morgan fingerprint density at radius 3 is 2.30 bits per heavy atom. The Morgan fingerprint density at radius 1 is 1.26 bits per heavy atom. The molecule has 23 heavy (non-hydrogen) atoms. The molecule has 1 atom stereocenters. The number of halogens is 1. The summed E-state index contributed by atoms with van der Waals surface area (Å²) in [5.74, 6) is 0.726. The maximum Gasteiger partial charge on any atom is 0.410 e. The second-order valence-corrected chi connectivity index (χ2v) is 6.15. The van der Waals surface area contributed by atoms with E-state index in [-0.39, 0.29) is 36.1 Å². The van der Waals surface area contributed by atoms with Gasteiger partial charge in [-0.2, -0.15) is 0 Å². The molecule has 1 amide bonds. The summed E-state index contributed by atoms with van der Waals surface area (Å²) in [6, 6.07) is 0.0689. The molecular weight excluding hydrogens is 411 g/mol. The summed E-state index contributed by atoms with van der Waals surface area (Å²) in [7, 11) is 5.13. The van der Waals surface area contributed by atoms with Crippen LogP contribution in [0.1, 0.15) is 34.1 Å². The highest BCUT2D eigenvalue weighted by molar-refractivity contribution is 14.0. The number of nitrogens with zero attached hydrogens (tertiary/aromatic N) is 2. The smallest absolute Gasteiger partial charge is 0.410 e. The first-order valence-electron chi connectivity index (χ1n) is 7.60. The van der Waals surface area contributed by atoms with Crippen molar-refractivity contribution in [3.8, 4) is 0 Å². The van der Waals surface area contributed by atoms with E-state index < -0.39 is 5.60 Å². The monoisotopic (exact) mass is 444 g/mol. The SMILES string of the molecule is CN=C(NCCOC)NCCC(C)N(C)C(=O)OC(C)(C)C.I. The maximum atomic E-state index is 12.0. The highest BCUT2D eigenvalue weighted by Crippen LogP contribution is 2.11. The molecule has 8 heteroatoms. The second kappa shape index (κ2) is 12.6. The Balaban J connectivity index is 0. The Kier molecular flexibility index (Phi) is 13.4. The molecule has 0 fully saturated rings. The van der Waals surface area contributed by atoms with Crippen LogP contribution in [0.3, 0.4) is 0 Å². The molecule has 0 saturated carbocycles. The van der Waals surface area contributed by atoms with Gasteiger partial charge in [-0.1, -0.05) is 0 Å². The molecular formula is C15H33IN4O3. The predicted octanol–water partition coefficient (Wildman–Crippen LogP) is 2.06. The van der Waals surface area contributed by atoms with Crippen LogP contribution in [0, 0.1) is 0 Å². The van der Waals surface area contributed by atoms with Gasteiger partial charge in [0.25, 0.3) is 0 Å². The average Bonchev–Trinajstić information content (AvgIpc) is 2.42. The first-order valence-corrected chi connectivity index (χ1v) is 7.60. The van der Waals surface area contributed by atoms with E-state index in [1.807, 2.05) is 27.7 Å². The molecule has 0 radical (unpaired) electrons. The highest BCUT2D eigenvalue weighted by atomic mass is 127. The number of carbonyl (C=O) groups excluding carboxylic acids is 1. The van der Waals surface area contributed by atoms with Crippen molar-refractivity contribution in [1.29, 1.82) is 0 Å². The van der Waals surface area contributed by atoms with Crippen LogP contribution in [0.2, 0.25) is 0 Å². The Hall–Kier alpha value is -0.770. The third kappa shape index (κ3) is 12.3. The van der Waals surface area contributed by atoms with Gasteiger partial charge in [-0.15, -0.1) is 24.0 Å². The van der Waals surface area contributed by atoms with Crippen molar-refractivity contribution >= 4 is 36.0 Å². The Morgan fingerprint density at radius 2 is 1.83 bits per heavy atom. The molecule has 1 unspecified atom stereocenters. The molecule has 0 aromatic heterocycles. The van der Waals surface area contributed by atoms with Crippen molar-refractivity contribution in [3.63, 3.8) is 0 Å². The third-order valence-corrected chi connectivity index (χ3v) is 3.02. The lowest BCUT2D eigenvalue weighted by Crippen LogP contribution is -2.43. The zero-order chi connectivity index (χ0) is 17.2. The minimum atomic E-state index is -0.476. The van der Waals surface area contributed by atoms with Crippen LogP contribution in [-0.4, -0.2) is 69.5 Å². The molecule has 0 spiro atoms. The zero-order valence-electron chi connectivity index (χ0n) is 15.4. The van der Waals surface area contributed by atoms with E-state index >= 15 is 0 Å². The van der Waals surface area contributed by atoms with Crippen molar-refractivity contribution in [2.75, 3.05) is 40.9 Å². The van der Waals surface area contributed by atoms with Gasteiger partial charge in [0.15, 0.2) is 5.96 Å². The minimum Gasteiger partial charge on any atom is -0.444 e. The van der Waals surface area contributed by atoms with Gasteiger partial charge < -0.3 is 25.0 Å². The van der Waals surface area contributed by atoms with Crippen molar-refractivity contribution in [3.05, 3.63) is 0 Å². The number of guanidine groups is 1. The van der Waals surface area contributed by atoms with E-state index in [4.69, 9.17) is 9.47 Å². The molecule has 2 N–H and O–H groups in total. The first-order chi connectivity index (χ1) is 10.2. The zero-order valence-corrected chi connectivity index (χ0v) is 17.8. The van der Waals surface area contributed by atoms with Gasteiger partial charge >= 0.3 is 6.09 Å². The van der Waals surface area contributed by atoms with Crippen molar-refractivity contribution in [1.82, 2.24) is 15.5 Å². The van der Waals surface area contributed by atoms with Gasteiger partial charge in [0, 0.05) is 40.3 Å². The first kappa shape index (κ1) is 24.5. The van der Waals surface area contributed by atoms with E-state index in [1.165, 1.54) is 0 Å². The van der Waals surface area contributed by atoms with Crippen LogP contribution in [0.15, 0.2) is 4.99 Å². The van der Waals surface area contributed by atoms with E-state index in [0.717, 1.165) is 12.4 Å². The summed E-state index contributed by atoms with van der Waals surface area (Å²) in [6.07, 6.45) is 0.489. The van der Waals surface area contributed by atoms with E-state index in [1.54, 1.807) is 26.1 Å². The van der Waals surface area contributed by atoms with Gasteiger partial charge in [0.05, 0.1) is 6.61 Å². The summed E-state index contributed by atoms with van der Waals surface area (Å²) in [4.78, 5) is 17.7. The molecule has 0 saturated heterocycles. The number of rotatable bonds is 7. The molecule has 0 heterocycles. The van der Waals surface area contributed by atoms with Crippen LogP contribution in [-0.2, 0) is 9.47 Å². The maximum absolute atomic E-state index is 12.0. The fourth-order valence-electron chi connectivity index (χ4n) is 1.60. The van der Waals surface area contributed by atoms with Crippen LogP contribution < -0.4 is 10.6 Å². The normalized spacial score (nSPS) is 12.9. The van der Waals surface area contributed by atoms with Crippen molar-refractivity contribution in [2.45, 2.75) is 45.8 Å². The van der Waals surface area contributed by atoms with Crippen molar-refractivity contribution < 1.29 is 14.3 Å². The number of ether oxygens (including phenoxy) is 2. The lowest BCUT2D eigenvalue weighted by molar-refractivity contribution is 0.0230. The molecule has 0 bridgehead atoms. The lowest BCUT2D eigenvalue weighted by atomic mass is 10.2. The molecule has 0 aliphatic heterocycles. The molecule has 0 rings (SSSR count). The van der Waals surface area contributed by atoms with Crippen LogP contribution >= 0.6 is 24.0 Å². The van der Waals surface area contributed by atoms with Crippen molar-refractivity contribution in [2.24, 2.45) is 4.99 Å². The van der Waals surface area contributed by atoms with Crippen LogP contribution in [0.4, 0.5) is 4.79 Å².